The first-order valence-electron chi connectivity index (χ1n) is 5.50. The minimum atomic E-state index is -5.22. The third-order valence-corrected chi connectivity index (χ3v) is 4.19. The molecule has 0 spiro atoms. The number of aromatic nitrogens is 1. The minimum absolute atomic E-state index is 0.0662. The van der Waals surface area contributed by atoms with Gasteiger partial charge >= 0.3 is 6.09 Å². The van der Waals surface area contributed by atoms with Gasteiger partial charge in [-0.15, -0.1) is 4.31 Å². The second-order valence-corrected chi connectivity index (χ2v) is 5.77. The van der Waals surface area contributed by atoms with Crippen LogP contribution in [0.25, 0.3) is 0 Å². The molecule has 0 atom stereocenters. The van der Waals surface area contributed by atoms with Gasteiger partial charge in [-0.2, -0.15) is 0 Å². The molecule has 1 amide bonds. The minimum Gasteiger partial charge on any atom is -0.464 e. The van der Waals surface area contributed by atoms with Gasteiger partial charge in [0.25, 0.3) is 10.0 Å². The van der Waals surface area contributed by atoms with E-state index in [1.54, 1.807) is 0 Å². The van der Waals surface area contributed by atoms with Gasteiger partial charge in [0.2, 0.25) is 0 Å². The molecule has 118 valence electrons. The number of carboxylic acid groups (broad SMARTS) is 1. The van der Waals surface area contributed by atoms with Crippen LogP contribution >= 0.6 is 0 Å². The summed E-state index contributed by atoms with van der Waals surface area (Å²) in [6.45, 7) is 1.35. The number of halogens is 3. The average Bonchev–Trinajstić information content (AvgIpc) is 2.72. The van der Waals surface area contributed by atoms with Crippen molar-refractivity contribution in [3.63, 3.8) is 0 Å². The van der Waals surface area contributed by atoms with E-state index in [1.165, 1.54) is 6.92 Å². The van der Waals surface area contributed by atoms with Gasteiger partial charge in [-0.1, -0.05) is 5.16 Å². The van der Waals surface area contributed by atoms with Crippen molar-refractivity contribution in [3.8, 4) is 0 Å². The molecule has 1 N–H and O–H groups in total. The number of benzene rings is 1. The first kappa shape index (κ1) is 15.8. The fraction of sp³-hybridized carbons (Fsp3) is 0.0909. The van der Waals surface area contributed by atoms with Gasteiger partial charge in [-0.25, -0.2) is 26.4 Å². The zero-order valence-corrected chi connectivity index (χ0v) is 11.6. The van der Waals surface area contributed by atoms with Crippen LogP contribution in [0.5, 0.6) is 0 Å². The lowest BCUT2D eigenvalue weighted by Crippen LogP contribution is -2.37. The molecule has 0 aliphatic heterocycles. The van der Waals surface area contributed by atoms with Crippen LogP contribution in [0.4, 0.5) is 23.8 Å². The Morgan fingerprint density at radius 2 is 1.77 bits per heavy atom. The maximum absolute atomic E-state index is 13.6. The molecule has 11 heteroatoms. The van der Waals surface area contributed by atoms with Gasteiger partial charge in [0.1, 0.15) is 23.2 Å². The maximum Gasteiger partial charge on any atom is 0.427 e. The zero-order chi connectivity index (χ0) is 16.7. The molecule has 0 aliphatic rings. The predicted molar refractivity (Wildman–Crippen MR) is 65.2 cm³/mol. The van der Waals surface area contributed by atoms with Crippen molar-refractivity contribution in [3.05, 3.63) is 41.4 Å². The van der Waals surface area contributed by atoms with Gasteiger partial charge in [0, 0.05) is 18.2 Å². The fourth-order valence-corrected chi connectivity index (χ4v) is 2.97. The monoisotopic (exact) mass is 336 g/mol. The molecule has 0 bridgehead atoms. The number of amides is 1. The normalized spacial score (nSPS) is 11.5. The van der Waals surface area contributed by atoms with Crippen molar-refractivity contribution >= 4 is 21.9 Å². The predicted octanol–water partition coefficient (Wildman–Crippen LogP) is 2.27. The largest absolute Gasteiger partial charge is 0.464 e. The summed E-state index contributed by atoms with van der Waals surface area (Å²) in [5.41, 5.74) is 0. The summed E-state index contributed by atoms with van der Waals surface area (Å²) in [7, 11) is -5.22. The van der Waals surface area contributed by atoms with Crippen LogP contribution in [0.2, 0.25) is 0 Å². The molecule has 2 aromatic rings. The third-order valence-electron chi connectivity index (χ3n) is 2.46. The average molecular weight is 336 g/mol. The Hall–Kier alpha value is -2.56. The molecule has 0 saturated heterocycles. The van der Waals surface area contributed by atoms with Crippen LogP contribution in [0.1, 0.15) is 5.76 Å². The molecule has 0 unspecified atom stereocenters. The van der Waals surface area contributed by atoms with Crippen LogP contribution < -0.4 is 4.31 Å². The molecule has 0 saturated carbocycles. The summed E-state index contributed by atoms with van der Waals surface area (Å²) in [5, 5.41) is 12.2. The molecule has 0 radical (unpaired) electrons. The molecular weight excluding hydrogens is 329 g/mol. The molecule has 1 aromatic carbocycles. The van der Waals surface area contributed by atoms with Crippen molar-refractivity contribution in [1.29, 1.82) is 0 Å². The lowest BCUT2D eigenvalue weighted by atomic mass is 10.3. The standard InChI is InChI=1S/C11H7F3N2O5S/c1-5-2-9(15-21-5)16(11(17)18)22(19,20)10-7(13)3-6(12)4-8(10)14/h2-4H,1H3,(H,17,18). The molecular formula is C11H7F3N2O5S. The van der Waals surface area contributed by atoms with Gasteiger partial charge in [-0.05, 0) is 6.92 Å². The Bertz CT molecular complexity index is 826. The number of aryl methyl sites for hydroxylation is 1. The van der Waals surface area contributed by atoms with Crippen LogP contribution in [0, 0.1) is 24.4 Å². The van der Waals surface area contributed by atoms with Crippen molar-refractivity contribution in [2.45, 2.75) is 11.8 Å². The van der Waals surface area contributed by atoms with Crippen LogP contribution in [0.15, 0.2) is 27.6 Å². The number of sulfonamides is 1. The van der Waals surface area contributed by atoms with E-state index in [0.717, 1.165) is 6.07 Å². The quantitative estimate of drug-likeness (QED) is 0.923. The van der Waals surface area contributed by atoms with E-state index in [0.29, 0.717) is 0 Å². The van der Waals surface area contributed by atoms with Crippen LogP contribution in [-0.2, 0) is 10.0 Å². The van der Waals surface area contributed by atoms with E-state index in [4.69, 9.17) is 5.11 Å². The molecule has 1 aromatic heterocycles. The number of nitrogens with zero attached hydrogens (tertiary/aromatic N) is 2. The van der Waals surface area contributed by atoms with E-state index >= 15 is 0 Å². The molecule has 22 heavy (non-hydrogen) atoms. The summed E-state index contributed by atoms with van der Waals surface area (Å²) in [4.78, 5) is 9.55. The fourth-order valence-electron chi connectivity index (χ4n) is 1.64. The SMILES string of the molecule is Cc1cc(N(C(=O)O)S(=O)(=O)c2c(F)cc(F)cc2F)no1. The van der Waals surface area contributed by atoms with Gasteiger partial charge in [-0.3, -0.25) is 0 Å². The Kier molecular flexibility index (Phi) is 3.83. The topological polar surface area (TPSA) is 101 Å². The van der Waals surface area contributed by atoms with E-state index in [9.17, 15) is 26.4 Å². The summed E-state index contributed by atoms with van der Waals surface area (Å²) < 4.78 is 68.7. The number of anilines is 1. The molecule has 0 aliphatic carbocycles. The van der Waals surface area contributed by atoms with E-state index in [-0.39, 0.29) is 22.2 Å². The highest BCUT2D eigenvalue weighted by Crippen LogP contribution is 2.27. The van der Waals surface area contributed by atoms with E-state index in [2.05, 4.69) is 9.68 Å². The number of hydrogen-bond donors (Lipinski definition) is 1. The number of carbonyl (C=O) groups is 1. The highest BCUT2D eigenvalue weighted by molar-refractivity contribution is 7.93. The maximum atomic E-state index is 13.6. The van der Waals surface area contributed by atoms with Crippen molar-refractivity contribution < 1.29 is 36.0 Å². The summed E-state index contributed by atoms with van der Waals surface area (Å²) in [6.07, 6.45) is -2.07. The van der Waals surface area contributed by atoms with E-state index in [1.807, 2.05) is 0 Å². The first-order chi connectivity index (χ1) is 10.1. The summed E-state index contributed by atoms with van der Waals surface area (Å²) in [6, 6.07) is 1.17. The smallest absolute Gasteiger partial charge is 0.427 e. The molecule has 2 rings (SSSR count). The Labute approximate surface area is 121 Å². The Morgan fingerprint density at radius 1 is 1.23 bits per heavy atom. The molecule has 0 fully saturated rings. The third kappa shape index (κ3) is 2.62. The van der Waals surface area contributed by atoms with Gasteiger partial charge < -0.3 is 9.63 Å². The van der Waals surface area contributed by atoms with Crippen molar-refractivity contribution in [2.24, 2.45) is 0 Å². The van der Waals surface area contributed by atoms with Crippen LogP contribution in [-0.4, -0.2) is 24.8 Å². The summed E-state index contributed by atoms with van der Waals surface area (Å²) in [5.74, 6) is -5.55. The highest BCUT2D eigenvalue weighted by Gasteiger charge is 2.38. The van der Waals surface area contributed by atoms with Gasteiger partial charge in [0.05, 0.1) is 0 Å². The number of rotatable bonds is 3. The second-order valence-electron chi connectivity index (χ2n) is 4.05. The van der Waals surface area contributed by atoms with Crippen molar-refractivity contribution in [1.82, 2.24) is 5.16 Å². The van der Waals surface area contributed by atoms with E-state index < -0.39 is 44.3 Å². The molecule has 1 heterocycles. The lowest BCUT2D eigenvalue weighted by molar-refractivity contribution is 0.205. The Morgan fingerprint density at radius 3 is 2.18 bits per heavy atom. The van der Waals surface area contributed by atoms with Gasteiger partial charge in [0.15, 0.2) is 10.7 Å². The number of hydrogen-bond acceptors (Lipinski definition) is 5. The van der Waals surface area contributed by atoms with Crippen molar-refractivity contribution in [2.75, 3.05) is 4.31 Å². The second kappa shape index (κ2) is 5.33. The lowest BCUT2D eigenvalue weighted by Gasteiger charge is -2.16. The Balaban J connectivity index is 2.69. The summed E-state index contributed by atoms with van der Waals surface area (Å²) >= 11 is 0. The molecule has 7 nitrogen and oxygen atoms in total. The zero-order valence-electron chi connectivity index (χ0n) is 10.7. The highest BCUT2D eigenvalue weighted by atomic mass is 32.2. The first-order valence-corrected chi connectivity index (χ1v) is 6.94. The van der Waals surface area contributed by atoms with Crippen LogP contribution in [0.3, 0.4) is 0 Å².